The number of aromatic carboxylic acids is 1. The van der Waals surface area contributed by atoms with Crippen molar-refractivity contribution in [3.8, 4) is 5.69 Å². The van der Waals surface area contributed by atoms with Crippen LogP contribution in [0.2, 0.25) is 0 Å². The van der Waals surface area contributed by atoms with Crippen LogP contribution >= 0.6 is 0 Å². The van der Waals surface area contributed by atoms with E-state index in [0.29, 0.717) is 22.0 Å². The number of rotatable bonds is 6. The molecule has 0 saturated heterocycles. The molecule has 2 N–H and O–H groups in total. The smallest absolute Gasteiger partial charge is 0.356 e. The molecule has 0 amide bonds. The molecular weight excluding hydrogens is 434 g/mol. The summed E-state index contributed by atoms with van der Waals surface area (Å²) in [4.78, 5) is 22.8. The van der Waals surface area contributed by atoms with Gasteiger partial charge in [0.1, 0.15) is 0 Å². The summed E-state index contributed by atoms with van der Waals surface area (Å²) in [6.07, 6.45) is 1.44. The van der Waals surface area contributed by atoms with Gasteiger partial charge in [0.15, 0.2) is 5.69 Å². The van der Waals surface area contributed by atoms with Gasteiger partial charge in [0.05, 0.1) is 28.9 Å². The molecule has 3 aromatic carbocycles. The lowest BCUT2D eigenvalue weighted by molar-refractivity contribution is 0.0600. The number of hydrogen-bond acceptors (Lipinski definition) is 6. The van der Waals surface area contributed by atoms with E-state index in [-0.39, 0.29) is 16.3 Å². The maximum Gasteiger partial charge on any atom is 0.356 e. The van der Waals surface area contributed by atoms with Crippen LogP contribution in [0.1, 0.15) is 20.8 Å². The van der Waals surface area contributed by atoms with Gasteiger partial charge in [-0.2, -0.15) is 5.10 Å². The van der Waals surface area contributed by atoms with Gasteiger partial charge in [-0.15, -0.1) is 0 Å². The maximum absolute atomic E-state index is 13.1. The second kappa shape index (κ2) is 8.16. The Morgan fingerprint density at radius 2 is 1.72 bits per heavy atom. The van der Waals surface area contributed by atoms with Crippen molar-refractivity contribution < 1.29 is 27.9 Å². The Morgan fingerprint density at radius 1 is 1.00 bits per heavy atom. The minimum atomic E-state index is -3.97. The fourth-order valence-corrected chi connectivity index (χ4v) is 4.28. The van der Waals surface area contributed by atoms with E-state index in [9.17, 15) is 18.0 Å². The predicted octanol–water partition coefficient (Wildman–Crippen LogP) is 3.31. The minimum Gasteiger partial charge on any atom is -0.476 e. The number of esters is 1. The van der Waals surface area contributed by atoms with Gasteiger partial charge in [-0.1, -0.05) is 24.3 Å². The van der Waals surface area contributed by atoms with Crippen molar-refractivity contribution in [2.45, 2.75) is 4.90 Å². The Labute approximate surface area is 182 Å². The molecule has 0 unspecified atom stereocenters. The van der Waals surface area contributed by atoms with Crippen molar-refractivity contribution in [3.05, 3.63) is 84.2 Å². The number of nitrogens with one attached hydrogen (secondary N) is 1. The average Bonchev–Trinajstić information content (AvgIpc) is 3.28. The molecule has 32 heavy (non-hydrogen) atoms. The van der Waals surface area contributed by atoms with Gasteiger partial charge in [-0.3, -0.25) is 4.72 Å². The molecule has 0 aliphatic carbocycles. The van der Waals surface area contributed by atoms with Gasteiger partial charge >= 0.3 is 11.9 Å². The quantitative estimate of drug-likeness (QED) is 0.431. The highest BCUT2D eigenvalue weighted by Crippen LogP contribution is 2.26. The molecule has 0 bridgehead atoms. The van der Waals surface area contributed by atoms with Crippen molar-refractivity contribution in [1.29, 1.82) is 0 Å². The van der Waals surface area contributed by atoms with Crippen molar-refractivity contribution in [2.75, 3.05) is 11.8 Å². The topological polar surface area (TPSA) is 128 Å². The lowest BCUT2D eigenvalue weighted by Gasteiger charge is -2.13. The number of para-hydroxylation sites is 2. The van der Waals surface area contributed by atoms with Gasteiger partial charge in [0.2, 0.25) is 0 Å². The third-order valence-corrected chi connectivity index (χ3v) is 6.11. The fraction of sp³-hybridized carbons (Fsp3) is 0.0455. The van der Waals surface area contributed by atoms with E-state index in [1.807, 2.05) is 0 Å². The SMILES string of the molecule is COC(=O)c1ccc2cc(S(=O)(=O)Nc3ccccc3-n3ccc(C(=O)O)n3)ccc2c1. The number of sulfonamides is 1. The first-order valence-electron chi connectivity index (χ1n) is 9.32. The van der Waals surface area contributed by atoms with E-state index in [1.54, 1.807) is 48.5 Å². The van der Waals surface area contributed by atoms with Gasteiger partial charge in [-0.05, 0) is 53.2 Å². The van der Waals surface area contributed by atoms with Gasteiger partial charge in [-0.25, -0.2) is 22.7 Å². The van der Waals surface area contributed by atoms with E-state index in [2.05, 4.69) is 9.82 Å². The van der Waals surface area contributed by atoms with E-state index >= 15 is 0 Å². The lowest BCUT2D eigenvalue weighted by atomic mass is 10.1. The summed E-state index contributed by atoms with van der Waals surface area (Å²) >= 11 is 0. The van der Waals surface area contributed by atoms with Crippen LogP contribution in [-0.4, -0.2) is 42.4 Å². The molecule has 4 aromatic rings. The van der Waals surface area contributed by atoms with Crippen LogP contribution in [0.5, 0.6) is 0 Å². The fourth-order valence-electron chi connectivity index (χ4n) is 3.17. The molecule has 4 rings (SSSR count). The number of aromatic nitrogens is 2. The Morgan fingerprint density at radius 3 is 2.44 bits per heavy atom. The van der Waals surface area contributed by atoms with Crippen molar-refractivity contribution in [3.63, 3.8) is 0 Å². The number of carboxylic acids is 1. The number of anilines is 1. The summed E-state index contributed by atoms with van der Waals surface area (Å²) in [6.45, 7) is 0. The number of benzene rings is 3. The molecule has 0 fully saturated rings. The van der Waals surface area contributed by atoms with Gasteiger partial charge in [0, 0.05) is 6.20 Å². The minimum absolute atomic E-state index is 0.0253. The third kappa shape index (κ3) is 4.03. The molecule has 10 heteroatoms. The van der Waals surface area contributed by atoms with E-state index in [1.165, 1.54) is 36.2 Å². The summed E-state index contributed by atoms with van der Waals surface area (Å²) in [7, 11) is -2.69. The van der Waals surface area contributed by atoms with E-state index in [4.69, 9.17) is 9.84 Å². The third-order valence-electron chi connectivity index (χ3n) is 4.75. The molecule has 9 nitrogen and oxygen atoms in total. The van der Waals surface area contributed by atoms with Crippen LogP contribution in [0.4, 0.5) is 5.69 Å². The number of carboxylic acid groups (broad SMARTS) is 1. The Bertz CT molecular complexity index is 1460. The predicted molar refractivity (Wildman–Crippen MR) is 117 cm³/mol. The monoisotopic (exact) mass is 451 g/mol. The summed E-state index contributed by atoms with van der Waals surface area (Å²) in [5.41, 5.74) is 0.798. The second-order valence-corrected chi connectivity index (χ2v) is 8.47. The van der Waals surface area contributed by atoms with Crippen LogP contribution in [0.15, 0.2) is 77.8 Å². The number of ether oxygens (including phenoxy) is 1. The molecule has 0 aliphatic heterocycles. The van der Waals surface area contributed by atoms with E-state index in [0.717, 1.165) is 0 Å². The van der Waals surface area contributed by atoms with Crippen molar-refractivity contribution in [2.24, 2.45) is 0 Å². The van der Waals surface area contributed by atoms with Crippen LogP contribution in [-0.2, 0) is 14.8 Å². The van der Waals surface area contributed by atoms with Crippen molar-refractivity contribution in [1.82, 2.24) is 9.78 Å². The number of hydrogen-bond donors (Lipinski definition) is 2. The van der Waals surface area contributed by atoms with Crippen molar-refractivity contribution >= 4 is 38.4 Å². The average molecular weight is 451 g/mol. The number of carbonyl (C=O) groups is 2. The molecule has 0 spiro atoms. The number of carbonyl (C=O) groups excluding carboxylic acids is 1. The number of fused-ring (bicyclic) bond motifs is 1. The first-order valence-corrected chi connectivity index (χ1v) is 10.8. The highest BCUT2D eigenvalue weighted by molar-refractivity contribution is 7.92. The maximum atomic E-state index is 13.1. The number of nitrogens with zero attached hydrogens (tertiary/aromatic N) is 2. The molecular formula is C22H17N3O6S. The second-order valence-electron chi connectivity index (χ2n) is 6.79. The van der Waals surface area contributed by atoms with Crippen LogP contribution in [0, 0.1) is 0 Å². The lowest BCUT2D eigenvalue weighted by Crippen LogP contribution is -2.15. The van der Waals surface area contributed by atoms with Crippen LogP contribution in [0.3, 0.4) is 0 Å². The summed E-state index contributed by atoms with van der Waals surface area (Å²) in [6, 6.07) is 17.2. The van der Waals surface area contributed by atoms with Gasteiger partial charge < -0.3 is 9.84 Å². The Kier molecular flexibility index (Phi) is 5.37. The molecule has 0 atom stereocenters. The molecule has 162 valence electrons. The summed E-state index contributed by atoms with van der Waals surface area (Å²) in [5, 5.41) is 14.4. The summed E-state index contributed by atoms with van der Waals surface area (Å²) < 4.78 is 34.6. The zero-order valence-corrected chi connectivity index (χ0v) is 17.5. The normalized spacial score (nSPS) is 11.3. The van der Waals surface area contributed by atoms with E-state index < -0.39 is 22.0 Å². The Balaban J connectivity index is 1.68. The zero-order chi connectivity index (χ0) is 22.9. The highest BCUT2D eigenvalue weighted by atomic mass is 32.2. The number of methoxy groups -OCH3 is 1. The molecule has 0 saturated carbocycles. The summed E-state index contributed by atoms with van der Waals surface area (Å²) in [5.74, 6) is -1.67. The first-order chi connectivity index (χ1) is 15.3. The highest BCUT2D eigenvalue weighted by Gasteiger charge is 2.18. The zero-order valence-electron chi connectivity index (χ0n) is 16.7. The Hall–Kier alpha value is -4.18. The largest absolute Gasteiger partial charge is 0.476 e. The standard InChI is InChI=1S/C22H17N3O6S/c1-31-22(28)16-7-6-15-13-17(9-8-14(15)12-16)32(29,30)24-18-4-2-3-5-20(18)25-11-10-19(23-25)21(26)27/h2-13,24H,1H3,(H,26,27). The molecule has 0 aliphatic rings. The van der Waals surface area contributed by atoms with Crippen LogP contribution in [0.25, 0.3) is 16.5 Å². The molecule has 0 radical (unpaired) electrons. The molecule has 1 heterocycles. The first kappa shape index (κ1) is 21.1. The van der Waals surface area contributed by atoms with Crippen LogP contribution < -0.4 is 4.72 Å². The van der Waals surface area contributed by atoms with Gasteiger partial charge in [0.25, 0.3) is 10.0 Å². The molecule has 1 aromatic heterocycles.